The van der Waals surface area contributed by atoms with Crippen molar-refractivity contribution in [2.45, 2.75) is 13.3 Å². The zero-order valence-electron chi connectivity index (χ0n) is 13.7. The Balaban J connectivity index is 1.63. The van der Waals surface area contributed by atoms with Gasteiger partial charge in [0.25, 0.3) is 0 Å². The lowest BCUT2D eigenvalue weighted by atomic mass is 10.2. The average Bonchev–Trinajstić information content (AvgIpc) is 3.29. The van der Waals surface area contributed by atoms with Crippen molar-refractivity contribution in [1.29, 1.82) is 0 Å². The lowest BCUT2D eigenvalue weighted by Gasteiger charge is -1.99. The van der Waals surface area contributed by atoms with Crippen LogP contribution < -0.4 is 10.1 Å². The van der Waals surface area contributed by atoms with E-state index < -0.39 is 0 Å². The highest BCUT2D eigenvalue weighted by Crippen LogP contribution is 2.26. The van der Waals surface area contributed by atoms with Crippen LogP contribution >= 0.6 is 22.7 Å². The molecule has 25 heavy (non-hydrogen) atoms. The van der Waals surface area contributed by atoms with Gasteiger partial charge in [0, 0.05) is 17.0 Å². The third-order valence-electron chi connectivity index (χ3n) is 3.26. The second-order valence-corrected chi connectivity index (χ2v) is 6.90. The quantitative estimate of drug-likeness (QED) is 0.664. The average molecular weight is 372 g/mol. The Bertz CT molecular complexity index is 884. The molecule has 0 saturated heterocycles. The number of carbonyl (C=O) groups excluding carboxylic acids is 1. The summed E-state index contributed by atoms with van der Waals surface area (Å²) in [4.78, 5) is 16.5. The van der Waals surface area contributed by atoms with E-state index in [-0.39, 0.29) is 5.91 Å². The van der Waals surface area contributed by atoms with Gasteiger partial charge in [0.15, 0.2) is 0 Å². The van der Waals surface area contributed by atoms with Gasteiger partial charge in [0.1, 0.15) is 15.8 Å². The molecule has 0 saturated carbocycles. The first-order chi connectivity index (χ1) is 12.2. The molecule has 3 rings (SSSR count). The molecule has 3 aromatic rings. The number of hydrogen-bond acceptors (Lipinski definition) is 7. The fourth-order valence-corrected chi connectivity index (χ4v) is 3.46. The highest BCUT2D eigenvalue weighted by molar-refractivity contribution is 7.15. The number of aromatic nitrogens is 3. The Kier molecular flexibility index (Phi) is 5.52. The van der Waals surface area contributed by atoms with Gasteiger partial charge in [-0.15, -0.1) is 21.5 Å². The van der Waals surface area contributed by atoms with Gasteiger partial charge in [-0.25, -0.2) is 4.98 Å². The molecular weight excluding hydrogens is 356 g/mol. The molecule has 0 fully saturated rings. The second kappa shape index (κ2) is 8.00. The van der Waals surface area contributed by atoms with E-state index in [0.29, 0.717) is 5.13 Å². The molecule has 0 radical (unpaired) electrons. The fraction of sp³-hybridized carbons (Fsp3) is 0.176. The number of nitrogens with one attached hydrogen (secondary N) is 1. The van der Waals surface area contributed by atoms with Gasteiger partial charge in [0.05, 0.1) is 12.8 Å². The topological polar surface area (TPSA) is 77.0 Å². The first kappa shape index (κ1) is 17.2. The molecule has 0 unspecified atom stereocenters. The largest absolute Gasteiger partial charge is 0.497 e. The zero-order chi connectivity index (χ0) is 17.6. The second-order valence-electron chi connectivity index (χ2n) is 4.98. The Morgan fingerprint density at radius 2 is 2.08 bits per heavy atom. The monoisotopic (exact) mass is 372 g/mol. The molecule has 0 atom stereocenters. The van der Waals surface area contributed by atoms with Crippen molar-refractivity contribution in [2.24, 2.45) is 0 Å². The van der Waals surface area contributed by atoms with Gasteiger partial charge in [-0.2, -0.15) is 0 Å². The number of nitrogens with zero attached hydrogens (tertiary/aromatic N) is 3. The van der Waals surface area contributed by atoms with E-state index in [4.69, 9.17) is 4.74 Å². The van der Waals surface area contributed by atoms with Gasteiger partial charge in [0.2, 0.25) is 11.0 Å². The zero-order valence-corrected chi connectivity index (χ0v) is 15.4. The molecule has 8 heteroatoms. The summed E-state index contributed by atoms with van der Waals surface area (Å²) in [6, 6.07) is 7.70. The molecule has 0 aliphatic carbocycles. The predicted molar refractivity (Wildman–Crippen MR) is 101 cm³/mol. The summed E-state index contributed by atoms with van der Waals surface area (Å²) in [7, 11) is 1.64. The molecule has 1 N–H and O–H groups in total. The standard InChI is InChI=1S/C17H16N4O2S2/c1-3-15-20-21-17(25-15)19-14(22)9-6-12-10-24-16(18-12)11-4-7-13(23-2)8-5-11/h4-10H,3H2,1-2H3,(H,19,21,22)/b9-6+. The van der Waals surface area contributed by atoms with Gasteiger partial charge in [-0.3, -0.25) is 10.1 Å². The SMILES string of the molecule is CCc1nnc(NC(=O)/C=C/c2csc(-c3ccc(OC)cc3)n2)s1. The Labute approximate surface area is 153 Å². The van der Waals surface area contributed by atoms with E-state index >= 15 is 0 Å². The van der Waals surface area contributed by atoms with Gasteiger partial charge >= 0.3 is 0 Å². The van der Waals surface area contributed by atoms with E-state index in [1.165, 1.54) is 28.7 Å². The van der Waals surface area contributed by atoms with Crippen LogP contribution in [0.4, 0.5) is 5.13 Å². The van der Waals surface area contributed by atoms with E-state index in [1.807, 2.05) is 36.6 Å². The van der Waals surface area contributed by atoms with Crippen molar-refractivity contribution < 1.29 is 9.53 Å². The number of aryl methyl sites for hydroxylation is 1. The number of amides is 1. The lowest BCUT2D eigenvalue weighted by Crippen LogP contribution is -2.07. The van der Waals surface area contributed by atoms with Gasteiger partial charge in [-0.1, -0.05) is 18.3 Å². The van der Waals surface area contributed by atoms with Crippen LogP contribution in [0.3, 0.4) is 0 Å². The van der Waals surface area contributed by atoms with Crippen LogP contribution in [-0.2, 0) is 11.2 Å². The van der Waals surface area contributed by atoms with Crippen LogP contribution in [0, 0.1) is 0 Å². The summed E-state index contributed by atoms with van der Waals surface area (Å²) >= 11 is 2.90. The van der Waals surface area contributed by atoms with E-state index in [0.717, 1.165) is 33.4 Å². The molecule has 0 bridgehead atoms. The summed E-state index contributed by atoms with van der Waals surface area (Å²) in [6.45, 7) is 1.99. The molecule has 1 amide bonds. The maximum absolute atomic E-state index is 11.9. The molecule has 0 aliphatic heterocycles. The van der Waals surface area contributed by atoms with Crippen LogP contribution in [0.2, 0.25) is 0 Å². The minimum atomic E-state index is -0.252. The highest BCUT2D eigenvalue weighted by Gasteiger charge is 2.06. The smallest absolute Gasteiger partial charge is 0.250 e. The number of methoxy groups -OCH3 is 1. The van der Waals surface area contributed by atoms with Crippen molar-refractivity contribution in [3.63, 3.8) is 0 Å². The summed E-state index contributed by atoms with van der Waals surface area (Å²) in [5, 5.41) is 14.8. The molecule has 1 aromatic carbocycles. The van der Waals surface area contributed by atoms with Gasteiger partial charge in [-0.05, 0) is 36.8 Å². The number of benzene rings is 1. The van der Waals surface area contributed by atoms with E-state index in [2.05, 4.69) is 20.5 Å². The normalized spacial score (nSPS) is 11.0. The highest BCUT2D eigenvalue weighted by atomic mass is 32.1. The van der Waals surface area contributed by atoms with Crippen LogP contribution in [0.5, 0.6) is 5.75 Å². The molecule has 2 heterocycles. The third kappa shape index (κ3) is 4.49. The number of thiazole rings is 1. The molecule has 0 aliphatic rings. The summed E-state index contributed by atoms with van der Waals surface area (Å²) in [6.07, 6.45) is 3.93. The summed E-state index contributed by atoms with van der Waals surface area (Å²) in [5.74, 6) is 0.554. The van der Waals surface area contributed by atoms with Gasteiger partial charge < -0.3 is 4.74 Å². The molecule has 6 nitrogen and oxygen atoms in total. The minimum Gasteiger partial charge on any atom is -0.497 e. The molecule has 0 spiro atoms. The van der Waals surface area contributed by atoms with Crippen LogP contribution in [0.1, 0.15) is 17.6 Å². The molecular formula is C17H16N4O2S2. The Morgan fingerprint density at radius 3 is 2.76 bits per heavy atom. The van der Waals surface area contributed by atoms with E-state index in [1.54, 1.807) is 13.2 Å². The maximum atomic E-state index is 11.9. The van der Waals surface area contributed by atoms with Crippen LogP contribution in [-0.4, -0.2) is 28.2 Å². The third-order valence-corrected chi connectivity index (χ3v) is 5.16. The van der Waals surface area contributed by atoms with Crippen molar-refractivity contribution in [1.82, 2.24) is 15.2 Å². The number of ether oxygens (including phenoxy) is 1. The lowest BCUT2D eigenvalue weighted by molar-refractivity contribution is -0.111. The number of anilines is 1. The Morgan fingerprint density at radius 1 is 1.28 bits per heavy atom. The van der Waals surface area contributed by atoms with Crippen LogP contribution in [0.25, 0.3) is 16.6 Å². The van der Waals surface area contributed by atoms with Crippen molar-refractivity contribution in [3.8, 4) is 16.3 Å². The summed E-state index contributed by atoms with van der Waals surface area (Å²) < 4.78 is 5.15. The van der Waals surface area contributed by atoms with E-state index in [9.17, 15) is 4.79 Å². The number of rotatable bonds is 6. The maximum Gasteiger partial charge on any atom is 0.250 e. The molecule has 128 valence electrons. The minimum absolute atomic E-state index is 0.252. The van der Waals surface area contributed by atoms with Crippen molar-refractivity contribution in [3.05, 3.63) is 46.4 Å². The predicted octanol–water partition coefficient (Wildman–Crippen LogP) is 3.88. The Hall–Kier alpha value is -2.58. The first-order valence-corrected chi connectivity index (χ1v) is 9.29. The fourth-order valence-electron chi connectivity index (χ4n) is 1.98. The van der Waals surface area contributed by atoms with Crippen molar-refractivity contribution in [2.75, 3.05) is 12.4 Å². The van der Waals surface area contributed by atoms with Crippen molar-refractivity contribution >= 4 is 39.8 Å². The first-order valence-electron chi connectivity index (χ1n) is 7.59. The molecule has 2 aromatic heterocycles. The van der Waals surface area contributed by atoms with Crippen LogP contribution in [0.15, 0.2) is 35.7 Å². The number of hydrogen-bond donors (Lipinski definition) is 1. The summed E-state index contributed by atoms with van der Waals surface area (Å²) in [5.41, 5.74) is 1.74. The number of carbonyl (C=O) groups is 1.